The van der Waals surface area contributed by atoms with E-state index in [1.165, 1.54) is 6.92 Å². The quantitative estimate of drug-likeness (QED) is 0.144. The Morgan fingerprint density at radius 2 is 1.47 bits per heavy atom. The highest BCUT2D eigenvalue weighted by Gasteiger charge is 2.41. The number of carbonyl (C=O) groups is 1. The van der Waals surface area contributed by atoms with Crippen molar-refractivity contribution in [3.63, 3.8) is 0 Å². The van der Waals surface area contributed by atoms with Crippen molar-refractivity contribution in [2.45, 2.75) is 118 Å². The van der Waals surface area contributed by atoms with Crippen LogP contribution in [0, 0.1) is 6.57 Å². The average molecular weight is 810 g/mol. The van der Waals surface area contributed by atoms with Crippen LogP contribution in [-0.2, 0) is 10.2 Å². The molecule has 5 heterocycles. The summed E-state index contributed by atoms with van der Waals surface area (Å²) in [6.45, 7) is 28.8. The number of nitrogens with one attached hydrogen (secondary N) is 1. The number of benzene rings is 2. The van der Waals surface area contributed by atoms with Crippen molar-refractivity contribution in [1.29, 1.82) is 0 Å². The molecule has 1 amide bonds. The van der Waals surface area contributed by atoms with Crippen LogP contribution in [0.1, 0.15) is 93.5 Å². The molecule has 5 aromatic rings. The first-order valence-corrected chi connectivity index (χ1v) is 21.3. The monoisotopic (exact) mass is 809 g/mol. The molecule has 14 heteroatoms. The van der Waals surface area contributed by atoms with Gasteiger partial charge in [0, 0.05) is 29.8 Å². The number of thioether (sulfide) groups is 4. The van der Waals surface area contributed by atoms with Crippen LogP contribution in [0.4, 0.5) is 5.69 Å². The number of fused-ring (bicyclic) bond motifs is 3. The highest BCUT2D eigenvalue weighted by Crippen LogP contribution is 2.69. The van der Waals surface area contributed by atoms with Gasteiger partial charge in [-0.1, -0.05) is 99.9 Å². The van der Waals surface area contributed by atoms with Crippen LogP contribution in [0.15, 0.2) is 72.5 Å². The van der Waals surface area contributed by atoms with E-state index < -0.39 is 11.2 Å². The van der Waals surface area contributed by atoms with Gasteiger partial charge < -0.3 is 14.8 Å². The molecule has 0 radical (unpaired) electrons. The largest absolute Gasteiger partial charge is 0.485 e. The molecule has 7 rings (SSSR count). The number of anilines is 1. The summed E-state index contributed by atoms with van der Waals surface area (Å²) in [5.74, 6) is 1.94. The summed E-state index contributed by atoms with van der Waals surface area (Å²) in [5.41, 5.74) is 2.85. The molecule has 0 bridgehead atoms. The predicted molar refractivity (Wildman–Crippen MR) is 225 cm³/mol. The van der Waals surface area contributed by atoms with Crippen LogP contribution in [0.2, 0.25) is 0 Å². The minimum Gasteiger partial charge on any atom is -0.485 e. The number of aromatic nitrogens is 5. The van der Waals surface area contributed by atoms with Crippen LogP contribution < -0.4 is 20.0 Å². The zero-order valence-corrected chi connectivity index (χ0v) is 35.8. The molecule has 2 aliphatic heterocycles. The zero-order chi connectivity index (χ0) is 39.4. The normalized spacial score (nSPS) is 14.2. The van der Waals surface area contributed by atoms with Gasteiger partial charge in [0.25, 0.3) is 0 Å². The van der Waals surface area contributed by atoms with E-state index in [0.717, 1.165) is 68.9 Å². The van der Waals surface area contributed by atoms with E-state index in [2.05, 4.69) is 77.5 Å². The molecule has 55 heavy (non-hydrogen) atoms. The van der Waals surface area contributed by atoms with Gasteiger partial charge in [0.05, 0.1) is 51.2 Å². The van der Waals surface area contributed by atoms with Crippen LogP contribution in [-0.4, -0.2) is 41.9 Å². The van der Waals surface area contributed by atoms with E-state index in [-0.39, 0.29) is 11.3 Å². The molecule has 0 atom stereocenters. The van der Waals surface area contributed by atoms with Gasteiger partial charge in [0.2, 0.25) is 11.6 Å². The molecule has 0 fully saturated rings. The maximum atomic E-state index is 11.8. The van der Waals surface area contributed by atoms with Crippen molar-refractivity contribution in [2.75, 3.05) is 5.32 Å². The van der Waals surface area contributed by atoms with Crippen LogP contribution in [0.3, 0.4) is 0 Å². The molecule has 2 aromatic carbocycles. The molecular weight excluding hydrogens is 767 g/mol. The lowest BCUT2D eigenvalue weighted by atomic mass is 9.91. The summed E-state index contributed by atoms with van der Waals surface area (Å²) >= 11 is 6.42. The summed E-state index contributed by atoms with van der Waals surface area (Å²) in [5, 5.41) is 13.7. The number of hydrogen-bond donors (Lipinski definition) is 1. The van der Waals surface area contributed by atoms with Crippen molar-refractivity contribution < 1.29 is 14.3 Å². The number of rotatable bonds is 9. The molecule has 3 aromatic heterocycles. The van der Waals surface area contributed by atoms with Gasteiger partial charge >= 0.3 is 0 Å². The fourth-order valence-electron chi connectivity index (χ4n) is 5.75. The van der Waals surface area contributed by atoms with Gasteiger partial charge in [-0.15, -0.1) is 9.73 Å². The molecule has 10 nitrogen and oxygen atoms in total. The Morgan fingerprint density at radius 3 is 2.00 bits per heavy atom. The second kappa shape index (κ2) is 14.7. The van der Waals surface area contributed by atoms with Crippen LogP contribution >= 0.6 is 47.0 Å². The number of nitrogens with zero attached hydrogens (tertiary/aromatic N) is 6. The third-order valence-electron chi connectivity index (χ3n) is 9.29. The molecule has 2 aliphatic rings. The fraction of sp³-hybridized carbons (Fsp3) is 0.366. The standard InChI is InChI=1S/C41H43N7O3S4/c1-12-40(7,8)50-28-30-31(29(51-41(9,10)13-2)33-32(28)54-38(55-33)27(42-11)25-19-14-15-20-43-25)53-37(52-30)26-34(39(4,5)6)46-48-36(26)45-35(47-48)23-17-16-18-24(21-23)44-22(3)49/h14-21H,12-13H2,1-10H3,(H,44,49). The van der Waals surface area contributed by atoms with Gasteiger partial charge in [-0.05, 0) is 64.8 Å². The van der Waals surface area contributed by atoms with Crippen molar-refractivity contribution in [3.05, 3.63) is 80.9 Å². The van der Waals surface area contributed by atoms with Gasteiger partial charge in [-0.3, -0.25) is 9.78 Å². The third-order valence-corrected chi connectivity index (χ3v) is 14.5. The molecule has 0 aliphatic carbocycles. The van der Waals surface area contributed by atoms with Gasteiger partial charge in [-0.2, -0.15) is 5.10 Å². The zero-order valence-electron chi connectivity index (χ0n) is 32.6. The highest BCUT2D eigenvalue weighted by atomic mass is 32.2. The van der Waals surface area contributed by atoms with E-state index >= 15 is 0 Å². The molecule has 0 saturated carbocycles. The first-order chi connectivity index (χ1) is 26.0. The van der Waals surface area contributed by atoms with E-state index in [1.54, 1.807) is 57.9 Å². The lowest BCUT2D eigenvalue weighted by Gasteiger charge is -2.30. The number of carbonyl (C=O) groups excluding carboxylic acids is 1. The predicted octanol–water partition coefficient (Wildman–Crippen LogP) is 10.7. The van der Waals surface area contributed by atoms with Gasteiger partial charge in [0.1, 0.15) is 11.2 Å². The lowest BCUT2D eigenvalue weighted by Crippen LogP contribution is -2.28. The Balaban J connectivity index is 1.46. The maximum Gasteiger partial charge on any atom is 0.232 e. The fourth-order valence-corrected chi connectivity index (χ4v) is 11.2. The van der Waals surface area contributed by atoms with Crippen molar-refractivity contribution >= 4 is 74.2 Å². The average Bonchev–Trinajstić information content (AvgIpc) is 3.93. The summed E-state index contributed by atoms with van der Waals surface area (Å²) < 4.78 is 17.6. The third kappa shape index (κ3) is 7.68. The Labute approximate surface area is 338 Å². The Hall–Kier alpha value is -4.16. The summed E-state index contributed by atoms with van der Waals surface area (Å²) in [4.78, 5) is 29.2. The van der Waals surface area contributed by atoms with E-state index in [4.69, 9.17) is 31.2 Å². The molecule has 1 N–H and O–H groups in total. The lowest BCUT2D eigenvalue weighted by molar-refractivity contribution is -0.114. The maximum absolute atomic E-state index is 11.8. The summed E-state index contributed by atoms with van der Waals surface area (Å²) in [7, 11) is 0. The molecule has 0 spiro atoms. The molecular formula is C41H43N7O3S4. The van der Waals surface area contributed by atoms with Gasteiger partial charge in [-0.25, -0.2) is 9.83 Å². The van der Waals surface area contributed by atoms with Crippen molar-refractivity contribution in [2.24, 2.45) is 0 Å². The summed E-state index contributed by atoms with van der Waals surface area (Å²) in [6, 6.07) is 13.2. The second-order valence-corrected chi connectivity index (χ2v) is 20.1. The Kier molecular flexibility index (Phi) is 10.5. The minimum absolute atomic E-state index is 0.148. The van der Waals surface area contributed by atoms with Crippen molar-refractivity contribution in [3.8, 4) is 22.9 Å². The number of ether oxygens (including phenoxy) is 2. The first-order valence-electron chi connectivity index (χ1n) is 18.1. The number of amides is 1. The number of hydrogen-bond acceptors (Lipinski definition) is 11. The number of pyridine rings is 1. The topological polar surface area (TPSA) is 108 Å². The van der Waals surface area contributed by atoms with E-state index in [9.17, 15) is 4.79 Å². The Morgan fingerprint density at radius 1 is 0.855 bits per heavy atom. The second-order valence-electron chi connectivity index (χ2n) is 15.5. The van der Waals surface area contributed by atoms with Crippen molar-refractivity contribution in [1.82, 2.24) is 24.8 Å². The van der Waals surface area contributed by atoms with E-state index in [0.29, 0.717) is 28.5 Å². The SMILES string of the molecule is [C-]#[N+]C(=C1Sc2c(OC(C)(C)CC)c3c(c(OC(C)(C)CC)c2S1)SC(=c1c(C(C)(C)C)nn2nc(-c4cccc(NC(C)=O)c4)nc12)S3)c1ccccn1. The molecule has 284 valence electrons. The van der Waals surface area contributed by atoms with Crippen LogP contribution in [0.5, 0.6) is 11.5 Å². The van der Waals surface area contributed by atoms with Gasteiger partial charge in [0.15, 0.2) is 23.0 Å². The smallest absolute Gasteiger partial charge is 0.232 e. The van der Waals surface area contributed by atoms with E-state index in [1.807, 2.05) is 42.5 Å². The molecule has 0 saturated heterocycles. The highest BCUT2D eigenvalue weighted by molar-refractivity contribution is 8.32. The first kappa shape index (κ1) is 39.1. The summed E-state index contributed by atoms with van der Waals surface area (Å²) in [6.07, 6.45) is 3.30. The minimum atomic E-state index is -0.471. The van der Waals surface area contributed by atoms with Crippen LogP contribution in [0.25, 0.3) is 31.8 Å². The Bertz CT molecular complexity index is 2420. The molecule has 0 unspecified atom stereocenters.